The fourth-order valence-corrected chi connectivity index (χ4v) is 2.20. The minimum atomic E-state index is -0.624. The Kier molecular flexibility index (Phi) is 5.30. The van der Waals surface area contributed by atoms with Crippen LogP contribution in [0.3, 0.4) is 0 Å². The molecule has 1 aromatic heterocycles. The highest BCUT2D eigenvalue weighted by Crippen LogP contribution is 2.19. The van der Waals surface area contributed by atoms with Crippen LogP contribution in [-0.4, -0.2) is 45.2 Å². The molecule has 2 rings (SSSR count). The maximum atomic E-state index is 10.6. The second kappa shape index (κ2) is 6.98. The molecule has 0 amide bonds. The molecule has 1 saturated heterocycles. The molecule has 2 heterocycles. The minimum Gasteiger partial charge on any atom is -0.394 e. The summed E-state index contributed by atoms with van der Waals surface area (Å²) >= 11 is 5.81. The van der Waals surface area contributed by atoms with Gasteiger partial charge in [0, 0.05) is 6.61 Å². The van der Waals surface area contributed by atoms with Crippen LogP contribution in [-0.2, 0) is 16.0 Å². The van der Waals surface area contributed by atoms with Crippen molar-refractivity contribution in [3.63, 3.8) is 0 Å². The lowest BCUT2D eigenvalue weighted by molar-refractivity contribution is -0.389. The van der Waals surface area contributed by atoms with Gasteiger partial charge in [-0.2, -0.15) is 0 Å². The van der Waals surface area contributed by atoms with Gasteiger partial charge in [-0.1, -0.05) is 0 Å². The van der Waals surface area contributed by atoms with E-state index >= 15 is 0 Å². The van der Waals surface area contributed by atoms with Crippen LogP contribution in [0.4, 0.5) is 5.82 Å². The molecule has 2 atom stereocenters. The predicted molar refractivity (Wildman–Crippen MR) is 69.4 cm³/mol. The van der Waals surface area contributed by atoms with Gasteiger partial charge < -0.3 is 24.7 Å². The van der Waals surface area contributed by atoms with E-state index in [0.717, 1.165) is 19.3 Å². The number of hydrogen-bond acceptors (Lipinski definition) is 6. The standard InChI is InChI=1S/C11H16ClN3O5/c12-11-13-9(15(17)18)6-14(11)5-8(7-16)20-10-3-1-2-4-19-10/h6,8,10,16H,1-5,7H2/t8?,10-/m0/s1. The first kappa shape index (κ1) is 15.2. The molecular weight excluding hydrogens is 290 g/mol. The number of imidazole rings is 1. The molecular formula is C11H16ClN3O5. The van der Waals surface area contributed by atoms with Gasteiger partial charge in [-0.05, 0) is 40.8 Å². The SMILES string of the molecule is O=[N+]([O-])c1cn(CC(CO)O[C@H]2CCCCO2)c(Cl)n1. The van der Waals surface area contributed by atoms with Crippen molar-refractivity contribution in [1.29, 1.82) is 0 Å². The van der Waals surface area contributed by atoms with Crippen LogP contribution in [0.25, 0.3) is 0 Å². The summed E-state index contributed by atoms with van der Waals surface area (Å²) in [5.74, 6) is -0.333. The Hall–Kier alpha value is -1.22. The fraction of sp³-hybridized carbons (Fsp3) is 0.727. The number of aromatic nitrogens is 2. The quantitative estimate of drug-likeness (QED) is 0.629. The van der Waals surface area contributed by atoms with Gasteiger partial charge in [0.1, 0.15) is 12.3 Å². The summed E-state index contributed by atoms with van der Waals surface area (Å²) in [6.07, 6.45) is 3.11. The maximum absolute atomic E-state index is 10.6. The lowest BCUT2D eigenvalue weighted by Gasteiger charge is -2.26. The van der Waals surface area contributed by atoms with Crippen LogP contribution in [0.15, 0.2) is 6.20 Å². The molecule has 1 N–H and O–H groups in total. The van der Waals surface area contributed by atoms with Crippen molar-refractivity contribution < 1.29 is 19.5 Å². The third kappa shape index (κ3) is 3.89. The Labute approximate surface area is 120 Å². The molecule has 20 heavy (non-hydrogen) atoms. The number of aliphatic hydroxyl groups is 1. The van der Waals surface area contributed by atoms with Gasteiger partial charge in [-0.25, -0.2) is 0 Å². The zero-order chi connectivity index (χ0) is 14.5. The smallest absolute Gasteiger partial charge is 0.383 e. The van der Waals surface area contributed by atoms with Gasteiger partial charge in [0.15, 0.2) is 6.29 Å². The van der Waals surface area contributed by atoms with Crippen molar-refractivity contribution in [1.82, 2.24) is 9.55 Å². The summed E-state index contributed by atoms with van der Waals surface area (Å²) in [7, 11) is 0. The predicted octanol–water partition coefficient (Wildman–Crippen LogP) is 1.35. The Morgan fingerprint density at radius 1 is 1.70 bits per heavy atom. The number of hydrogen-bond donors (Lipinski definition) is 1. The average molecular weight is 306 g/mol. The van der Waals surface area contributed by atoms with Gasteiger partial charge >= 0.3 is 11.1 Å². The van der Waals surface area contributed by atoms with Crippen LogP contribution in [0.1, 0.15) is 19.3 Å². The van der Waals surface area contributed by atoms with Crippen molar-refractivity contribution >= 4 is 17.4 Å². The molecule has 0 radical (unpaired) electrons. The number of rotatable bonds is 6. The van der Waals surface area contributed by atoms with Crippen molar-refractivity contribution in [3.05, 3.63) is 21.6 Å². The molecule has 1 aliphatic heterocycles. The van der Waals surface area contributed by atoms with E-state index in [9.17, 15) is 15.2 Å². The molecule has 0 spiro atoms. The average Bonchev–Trinajstić information content (AvgIpc) is 2.81. The summed E-state index contributed by atoms with van der Waals surface area (Å²) in [6, 6.07) is 0. The molecule has 0 aliphatic carbocycles. The van der Waals surface area contributed by atoms with Crippen molar-refractivity contribution in [2.24, 2.45) is 0 Å². The molecule has 112 valence electrons. The molecule has 9 heteroatoms. The second-order valence-electron chi connectivity index (χ2n) is 4.51. The van der Waals surface area contributed by atoms with Gasteiger partial charge in [-0.3, -0.25) is 4.57 Å². The Morgan fingerprint density at radius 2 is 2.50 bits per heavy atom. The van der Waals surface area contributed by atoms with Gasteiger partial charge in [0.25, 0.3) is 0 Å². The molecule has 0 aromatic carbocycles. The summed E-state index contributed by atoms with van der Waals surface area (Å²) in [6.45, 7) is 0.582. The monoisotopic (exact) mass is 305 g/mol. The fourth-order valence-electron chi connectivity index (χ4n) is 1.99. The molecule has 1 aliphatic rings. The van der Waals surface area contributed by atoms with E-state index in [0.29, 0.717) is 6.61 Å². The first-order valence-corrected chi connectivity index (χ1v) is 6.73. The number of nitro groups is 1. The second-order valence-corrected chi connectivity index (χ2v) is 4.85. The molecule has 8 nitrogen and oxygen atoms in total. The minimum absolute atomic E-state index is 0.0108. The van der Waals surface area contributed by atoms with Crippen LogP contribution in [0, 0.1) is 10.1 Å². The van der Waals surface area contributed by atoms with E-state index < -0.39 is 11.0 Å². The molecule has 1 aromatic rings. The largest absolute Gasteiger partial charge is 0.394 e. The first-order valence-electron chi connectivity index (χ1n) is 6.35. The molecule has 0 bridgehead atoms. The highest BCUT2D eigenvalue weighted by Gasteiger charge is 2.23. The van der Waals surface area contributed by atoms with E-state index in [4.69, 9.17) is 21.1 Å². The van der Waals surface area contributed by atoms with Crippen molar-refractivity contribution in [2.75, 3.05) is 13.2 Å². The lowest BCUT2D eigenvalue weighted by atomic mass is 10.2. The third-order valence-corrected chi connectivity index (χ3v) is 3.29. The Bertz CT molecular complexity index is 461. The molecule has 0 saturated carbocycles. The van der Waals surface area contributed by atoms with Gasteiger partial charge in [0.2, 0.25) is 0 Å². The lowest BCUT2D eigenvalue weighted by Crippen LogP contribution is -2.32. The number of aliphatic hydroxyl groups excluding tert-OH is 1. The molecule has 1 unspecified atom stereocenters. The topological polar surface area (TPSA) is 99.7 Å². The van der Waals surface area contributed by atoms with Crippen molar-refractivity contribution in [3.8, 4) is 0 Å². The van der Waals surface area contributed by atoms with Crippen molar-refractivity contribution in [2.45, 2.75) is 38.2 Å². The number of halogens is 1. The van der Waals surface area contributed by atoms with E-state index in [1.54, 1.807) is 0 Å². The zero-order valence-electron chi connectivity index (χ0n) is 10.8. The normalized spacial score (nSPS) is 20.8. The summed E-state index contributed by atoms with van der Waals surface area (Å²) in [4.78, 5) is 13.6. The highest BCUT2D eigenvalue weighted by molar-refractivity contribution is 6.28. The Balaban J connectivity index is 1.96. The first-order chi connectivity index (χ1) is 9.60. The zero-order valence-corrected chi connectivity index (χ0v) is 11.5. The number of ether oxygens (including phenoxy) is 2. The summed E-state index contributed by atoms with van der Waals surface area (Å²) in [5.41, 5.74) is 0. The summed E-state index contributed by atoms with van der Waals surface area (Å²) in [5, 5.41) is 19.9. The third-order valence-electron chi connectivity index (χ3n) is 2.99. The van der Waals surface area contributed by atoms with E-state index in [-0.39, 0.29) is 30.5 Å². The maximum Gasteiger partial charge on any atom is 0.383 e. The highest BCUT2D eigenvalue weighted by atomic mass is 35.5. The van der Waals surface area contributed by atoms with E-state index in [2.05, 4.69) is 4.98 Å². The molecule has 1 fully saturated rings. The summed E-state index contributed by atoms with van der Waals surface area (Å²) < 4.78 is 12.4. The van der Waals surface area contributed by atoms with E-state index in [1.807, 2.05) is 0 Å². The van der Waals surface area contributed by atoms with Crippen LogP contribution in [0.2, 0.25) is 5.28 Å². The van der Waals surface area contributed by atoms with Crippen LogP contribution >= 0.6 is 11.6 Å². The Morgan fingerprint density at radius 3 is 3.05 bits per heavy atom. The number of nitrogens with zero attached hydrogens (tertiary/aromatic N) is 3. The van der Waals surface area contributed by atoms with E-state index in [1.165, 1.54) is 10.8 Å². The van der Waals surface area contributed by atoms with Crippen LogP contribution < -0.4 is 0 Å². The van der Waals surface area contributed by atoms with Gasteiger partial charge in [-0.15, -0.1) is 0 Å². The van der Waals surface area contributed by atoms with Crippen LogP contribution in [0.5, 0.6) is 0 Å². The van der Waals surface area contributed by atoms with Gasteiger partial charge in [0.05, 0.1) is 13.2 Å².